The first-order chi connectivity index (χ1) is 11.1. The molecule has 1 aromatic carbocycles. The van der Waals surface area contributed by atoms with Crippen LogP contribution in [0.1, 0.15) is 23.5 Å². The molecule has 0 fully saturated rings. The van der Waals surface area contributed by atoms with Gasteiger partial charge >= 0.3 is 0 Å². The summed E-state index contributed by atoms with van der Waals surface area (Å²) in [6.45, 7) is 3.62. The predicted octanol–water partition coefficient (Wildman–Crippen LogP) is 2.66. The van der Waals surface area contributed by atoms with Gasteiger partial charge in [0, 0.05) is 18.1 Å². The van der Waals surface area contributed by atoms with Gasteiger partial charge in [-0.25, -0.2) is 9.37 Å². The quantitative estimate of drug-likeness (QED) is 0.513. The van der Waals surface area contributed by atoms with Crippen LogP contribution < -0.4 is 10.9 Å². The highest BCUT2D eigenvalue weighted by Crippen LogP contribution is 2.34. The minimum Gasteiger partial charge on any atom is -0.310 e. The summed E-state index contributed by atoms with van der Waals surface area (Å²) in [6.07, 6.45) is 1.83. The molecule has 1 aliphatic rings. The highest BCUT2D eigenvalue weighted by atomic mass is 32.2. The van der Waals surface area contributed by atoms with Crippen LogP contribution in [0.2, 0.25) is 0 Å². The zero-order valence-corrected chi connectivity index (χ0v) is 13.0. The maximum absolute atomic E-state index is 13.1. The fourth-order valence-electron chi connectivity index (χ4n) is 2.54. The SMILES string of the molecule is C=CCSc1nc2c(c(=O)[nH]1)[C@@H](c1ccc(F)cc1)CC(=O)N2. The van der Waals surface area contributed by atoms with Gasteiger partial charge in [0.2, 0.25) is 5.91 Å². The van der Waals surface area contributed by atoms with Gasteiger partial charge in [-0.15, -0.1) is 6.58 Å². The monoisotopic (exact) mass is 331 g/mol. The standard InChI is InChI=1S/C16H14FN3O2S/c1-2-7-23-16-19-14-13(15(22)20-16)11(8-12(21)18-14)9-3-5-10(17)6-4-9/h2-6,11H,1,7-8H2,(H2,18,19,20,21,22)/t11-/m1/s1. The van der Waals surface area contributed by atoms with Crippen molar-refractivity contribution in [3.8, 4) is 0 Å². The Labute approximate surface area is 136 Å². The van der Waals surface area contributed by atoms with Crippen molar-refractivity contribution in [1.82, 2.24) is 9.97 Å². The summed E-state index contributed by atoms with van der Waals surface area (Å²) in [5.74, 6) is -0.154. The van der Waals surface area contributed by atoms with E-state index in [4.69, 9.17) is 0 Å². The van der Waals surface area contributed by atoms with E-state index in [2.05, 4.69) is 21.9 Å². The lowest BCUT2D eigenvalue weighted by molar-refractivity contribution is -0.116. The largest absolute Gasteiger partial charge is 0.310 e. The molecule has 1 amide bonds. The molecule has 0 radical (unpaired) electrons. The molecule has 1 aliphatic heterocycles. The molecule has 0 saturated carbocycles. The first kappa shape index (κ1) is 15.5. The van der Waals surface area contributed by atoms with Gasteiger partial charge in [-0.1, -0.05) is 30.0 Å². The summed E-state index contributed by atoms with van der Waals surface area (Å²) in [6, 6.07) is 5.80. The van der Waals surface area contributed by atoms with Crippen molar-refractivity contribution in [2.75, 3.05) is 11.1 Å². The number of aromatic amines is 1. The van der Waals surface area contributed by atoms with Crippen molar-refractivity contribution in [2.45, 2.75) is 17.5 Å². The maximum Gasteiger partial charge on any atom is 0.257 e. The maximum atomic E-state index is 13.1. The lowest BCUT2D eigenvalue weighted by Crippen LogP contribution is -2.31. The Morgan fingerprint density at radius 3 is 2.78 bits per heavy atom. The van der Waals surface area contributed by atoms with E-state index in [0.29, 0.717) is 22.0 Å². The first-order valence-electron chi connectivity index (χ1n) is 7.01. The van der Waals surface area contributed by atoms with Crippen LogP contribution in [0.4, 0.5) is 10.2 Å². The number of fused-ring (bicyclic) bond motifs is 1. The summed E-state index contributed by atoms with van der Waals surface area (Å²) in [4.78, 5) is 31.4. The summed E-state index contributed by atoms with van der Waals surface area (Å²) < 4.78 is 13.1. The molecule has 2 aromatic rings. The second-order valence-corrected chi connectivity index (χ2v) is 6.10. The van der Waals surface area contributed by atoms with E-state index in [1.807, 2.05) is 0 Å². The number of amides is 1. The zero-order chi connectivity index (χ0) is 16.4. The Morgan fingerprint density at radius 1 is 1.35 bits per heavy atom. The smallest absolute Gasteiger partial charge is 0.257 e. The second kappa shape index (κ2) is 6.37. The topological polar surface area (TPSA) is 74.8 Å². The first-order valence-corrected chi connectivity index (χ1v) is 8.00. The molecular weight excluding hydrogens is 317 g/mol. The molecule has 1 atom stereocenters. The Bertz CT molecular complexity index is 817. The fraction of sp³-hybridized carbons (Fsp3) is 0.188. The Kier molecular flexibility index (Phi) is 4.29. The van der Waals surface area contributed by atoms with Crippen LogP contribution in [0.5, 0.6) is 0 Å². The molecule has 3 rings (SSSR count). The molecule has 0 unspecified atom stereocenters. The summed E-state index contributed by atoms with van der Waals surface area (Å²) in [5, 5.41) is 3.07. The molecule has 0 bridgehead atoms. The number of carbonyl (C=O) groups excluding carboxylic acids is 1. The number of carbonyl (C=O) groups is 1. The number of H-pyrrole nitrogens is 1. The van der Waals surface area contributed by atoms with E-state index >= 15 is 0 Å². The molecule has 0 aliphatic carbocycles. The number of hydrogen-bond donors (Lipinski definition) is 2. The van der Waals surface area contributed by atoms with Crippen LogP contribution >= 0.6 is 11.8 Å². The summed E-state index contributed by atoms with van der Waals surface area (Å²) in [5.41, 5.74) is 0.816. The average Bonchev–Trinajstić information content (AvgIpc) is 2.52. The number of hydrogen-bond acceptors (Lipinski definition) is 4. The lowest BCUT2D eigenvalue weighted by Gasteiger charge is -2.24. The van der Waals surface area contributed by atoms with Gasteiger partial charge in [0.05, 0.1) is 5.56 Å². The van der Waals surface area contributed by atoms with Gasteiger partial charge in [0.15, 0.2) is 5.16 Å². The van der Waals surface area contributed by atoms with Crippen molar-refractivity contribution in [3.63, 3.8) is 0 Å². The molecule has 0 spiro atoms. The summed E-state index contributed by atoms with van der Waals surface area (Å²) >= 11 is 1.32. The fourth-order valence-corrected chi connectivity index (χ4v) is 3.13. The van der Waals surface area contributed by atoms with Gasteiger partial charge in [0.1, 0.15) is 11.6 Å². The number of nitrogens with one attached hydrogen (secondary N) is 2. The number of aromatic nitrogens is 2. The van der Waals surface area contributed by atoms with E-state index in [-0.39, 0.29) is 29.5 Å². The molecule has 0 saturated heterocycles. The van der Waals surface area contributed by atoms with Crippen molar-refractivity contribution in [3.05, 3.63) is 64.2 Å². The second-order valence-electron chi connectivity index (χ2n) is 5.09. The number of benzene rings is 1. The molecule has 118 valence electrons. The van der Waals surface area contributed by atoms with Gasteiger partial charge in [0.25, 0.3) is 5.56 Å². The van der Waals surface area contributed by atoms with E-state index in [0.717, 1.165) is 0 Å². The van der Waals surface area contributed by atoms with Gasteiger partial charge in [-0.05, 0) is 17.7 Å². The van der Waals surface area contributed by atoms with Crippen LogP contribution in [0.3, 0.4) is 0 Å². The molecule has 7 heteroatoms. The molecule has 23 heavy (non-hydrogen) atoms. The highest BCUT2D eigenvalue weighted by Gasteiger charge is 2.30. The number of nitrogens with zero attached hydrogens (tertiary/aromatic N) is 1. The molecule has 5 nitrogen and oxygen atoms in total. The van der Waals surface area contributed by atoms with Crippen LogP contribution in [0.15, 0.2) is 46.9 Å². The van der Waals surface area contributed by atoms with Crippen molar-refractivity contribution in [1.29, 1.82) is 0 Å². The third-order valence-corrected chi connectivity index (χ3v) is 4.41. The minimum absolute atomic E-state index is 0.128. The molecule has 2 N–H and O–H groups in total. The Morgan fingerprint density at radius 2 is 2.09 bits per heavy atom. The van der Waals surface area contributed by atoms with Crippen molar-refractivity contribution >= 4 is 23.5 Å². The lowest BCUT2D eigenvalue weighted by atomic mass is 9.87. The third kappa shape index (κ3) is 3.19. The van der Waals surface area contributed by atoms with E-state index in [1.54, 1.807) is 18.2 Å². The van der Waals surface area contributed by atoms with Crippen LogP contribution in [0, 0.1) is 5.82 Å². The summed E-state index contributed by atoms with van der Waals surface area (Å²) in [7, 11) is 0. The Balaban J connectivity index is 2.06. The van der Waals surface area contributed by atoms with E-state index in [9.17, 15) is 14.0 Å². The van der Waals surface area contributed by atoms with Gasteiger partial charge < -0.3 is 10.3 Å². The van der Waals surface area contributed by atoms with E-state index < -0.39 is 5.92 Å². The third-order valence-electron chi connectivity index (χ3n) is 3.54. The number of halogens is 1. The molecule has 2 heterocycles. The zero-order valence-electron chi connectivity index (χ0n) is 12.1. The number of anilines is 1. The molecule has 1 aromatic heterocycles. The van der Waals surface area contributed by atoms with E-state index in [1.165, 1.54) is 23.9 Å². The van der Waals surface area contributed by atoms with Crippen molar-refractivity contribution in [2.24, 2.45) is 0 Å². The average molecular weight is 331 g/mol. The number of thioether (sulfide) groups is 1. The molecular formula is C16H14FN3O2S. The van der Waals surface area contributed by atoms with Crippen LogP contribution in [-0.2, 0) is 4.79 Å². The van der Waals surface area contributed by atoms with Gasteiger partial charge in [-0.2, -0.15) is 0 Å². The Hall–Kier alpha value is -2.41. The normalized spacial score (nSPS) is 16.6. The highest BCUT2D eigenvalue weighted by molar-refractivity contribution is 7.99. The van der Waals surface area contributed by atoms with Crippen LogP contribution in [0.25, 0.3) is 0 Å². The minimum atomic E-state index is -0.436. The number of rotatable bonds is 4. The van der Waals surface area contributed by atoms with Crippen molar-refractivity contribution < 1.29 is 9.18 Å². The van der Waals surface area contributed by atoms with Gasteiger partial charge in [-0.3, -0.25) is 9.59 Å². The predicted molar refractivity (Wildman–Crippen MR) is 87.3 cm³/mol. The van der Waals surface area contributed by atoms with Crippen LogP contribution in [-0.4, -0.2) is 21.6 Å².